The Bertz CT molecular complexity index is 1050. The van der Waals surface area contributed by atoms with E-state index in [2.05, 4.69) is 0 Å². The Balaban J connectivity index is 1.68. The molecule has 0 radical (unpaired) electrons. The predicted octanol–water partition coefficient (Wildman–Crippen LogP) is 3.55. The lowest BCUT2D eigenvalue weighted by Gasteiger charge is -2.32. The quantitative estimate of drug-likeness (QED) is 0.244. The number of thioether (sulfide) groups is 1. The van der Waals surface area contributed by atoms with Gasteiger partial charge >= 0.3 is 23.9 Å². The maximum Gasteiger partial charge on any atom is 0.329 e. The number of carbonyl (C=O) groups is 4. The number of benzene rings is 1. The summed E-state index contributed by atoms with van der Waals surface area (Å²) in [6.07, 6.45) is 0.440. The van der Waals surface area contributed by atoms with Gasteiger partial charge in [0.05, 0.1) is 22.8 Å². The van der Waals surface area contributed by atoms with Crippen LogP contribution in [0.5, 0.6) is 0 Å². The van der Waals surface area contributed by atoms with Crippen molar-refractivity contribution in [3.63, 3.8) is 0 Å². The second kappa shape index (κ2) is 12.0. The molecule has 0 saturated heterocycles. The van der Waals surface area contributed by atoms with E-state index in [0.717, 1.165) is 0 Å². The maximum atomic E-state index is 13.5. The maximum absolute atomic E-state index is 13.5. The molecule has 1 aromatic carbocycles. The molecule has 0 bridgehead atoms. The fourth-order valence-electron chi connectivity index (χ4n) is 4.55. The van der Waals surface area contributed by atoms with Gasteiger partial charge in [0.2, 0.25) is 13.6 Å². The van der Waals surface area contributed by atoms with Crippen molar-refractivity contribution in [1.82, 2.24) is 0 Å². The normalized spacial score (nSPS) is 26.0. The highest BCUT2D eigenvalue weighted by atomic mass is 35.5. The first kappa shape index (κ1) is 29.2. The molecule has 1 aromatic rings. The summed E-state index contributed by atoms with van der Waals surface area (Å²) >= 11 is 7.22. The lowest BCUT2D eigenvalue weighted by Crippen LogP contribution is -2.57. The second-order valence-electron chi connectivity index (χ2n) is 9.83. The lowest BCUT2D eigenvalue weighted by atomic mass is 9.82. The first-order valence-corrected chi connectivity index (χ1v) is 13.3. The van der Waals surface area contributed by atoms with E-state index in [9.17, 15) is 23.6 Å². The fourth-order valence-corrected chi connectivity index (χ4v) is 5.97. The molecule has 2 N–H and O–H groups in total. The molecule has 0 aliphatic heterocycles. The molecule has 2 saturated carbocycles. The molecule has 5 atom stereocenters. The zero-order valence-corrected chi connectivity index (χ0v) is 22.6. The Morgan fingerprint density at radius 2 is 1.65 bits per heavy atom. The molecule has 204 valence electrons. The Morgan fingerprint density at radius 3 is 2.22 bits per heavy atom. The minimum Gasteiger partial charge on any atom is -0.428 e. The third-order valence-corrected chi connectivity index (χ3v) is 8.10. The number of rotatable bonds is 11. The summed E-state index contributed by atoms with van der Waals surface area (Å²) in [4.78, 5) is 49.9. The van der Waals surface area contributed by atoms with E-state index in [1.807, 2.05) is 0 Å². The van der Waals surface area contributed by atoms with Crippen molar-refractivity contribution in [1.29, 1.82) is 0 Å². The summed E-state index contributed by atoms with van der Waals surface area (Å²) in [5, 5.41) is -0.0226. The molecular weight excluding hydrogens is 529 g/mol. The summed E-state index contributed by atoms with van der Waals surface area (Å²) in [6.45, 7) is 5.47. The lowest BCUT2D eigenvalue weighted by molar-refractivity contribution is -0.174. The van der Waals surface area contributed by atoms with Gasteiger partial charge in [-0.05, 0) is 36.5 Å². The number of nitrogens with two attached hydrogens (primary N) is 1. The first-order chi connectivity index (χ1) is 17.4. The Morgan fingerprint density at radius 1 is 1.05 bits per heavy atom. The van der Waals surface area contributed by atoms with E-state index >= 15 is 0 Å². The van der Waals surface area contributed by atoms with Crippen molar-refractivity contribution in [2.75, 3.05) is 19.3 Å². The molecule has 12 heteroatoms. The van der Waals surface area contributed by atoms with E-state index in [4.69, 9.17) is 36.3 Å². The largest absolute Gasteiger partial charge is 0.428 e. The van der Waals surface area contributed by atoms with Crippen LogP contribution in [-0.2, 0) is 38.1 Å². The van der Waals surface area contributed by atoms with Crippen LogP contribution in [0.2, 0.25) is 5.02 Å². The molecule has 0 unspecified atom stereocenters. The van der Waals surface area contributed by atoms with Crippen molar-refractivity contribution in [2.45, 2.75) is 44.6 Å². The molecule has 0 heterocycles. The Kier molecular flexibility index (Phi) is 9.47. The van der Waals surface area contributed by atoms with Gasteiger partial charge in [0.1, 0.15) is 11.4 Å². The van der Waals surface area contributed by atoms with Crippen LogP contribution in [0.25, 0.3) is 0 Å². The van der Waals surface area contributed by atoms with E-state index in [-0.39, 0.29) is 16.9 Å². The number of ether oxygens (including phenoxy) is 4. The molecule has 37 heavy (non-hydrogen) atoms. The van der Waals surface area contributed by atoms with Gasteiger partial charge in [-0.25, -0.2) is 9.18 Å². The van der Waals surface area contributed by atoms with Crippen LogP contribution in [0.1, 0.15) is 34.1 Å². The van der Waals surface area contributed by atoms with Crippen molar-refractivity contribution in [2.24, 2.45) is 41.2 Å². The highest BCUT2D eigenvalue weighted by molar-refractivity contribution is 7.99. The summed E-state index contributed by atoms with van der Waals surface area (Å²) in [5.74, 6) is -5.23. The molecule has 2 aliphatic carbocycles. The van der Waals surface area contributed by atoms with Gasteiger partial charge in [-0.15, -0.1) is 11.8 Å². The minimum absolute atomic E-state index is 0.0226. The van der Waals surface area contributed by atoms with Gasteiger partial charge in [0, 0.05) is 16.6 Å². The SMILES string of the molecule is CC(C)C(=O)OCOC(=O)[C@H]1[C@@H]2C[C@@H](CSc3ccc(F)c(Cl)c3)[C@@](N)(C(=O)OCOC(=O)C(C)C)[C@@H]21. The topological polar surface area (TPSA) is 131 Å². The van der Waals surface area contributed by atoms with Gasteiger partial charge in [0.15, 0.2) is 0 Å². The summed E-state index contributed by atoms with van der Waals surface area (Å²) < 4.78 is 33.7. The van der Waals surface area contributed by atoms with Crippen LogP contribution < -0.4 is 5.73 Å². The number of halogens is 2. The van der Waals surface area contributed by atoms with E-state index < -0.39 is 72.5 Å². The molecule has 0 aromatic heterocycles. The fraction of sp³-hybridized carbons (Fsp3) is 0.600. The standard InChI is InChI=1S/C25H31ClFNO8S/c1-12(2)21(29)33-10-35-23(31)19-16-7-14(9-37-15-5-6-18(27)17(26)8-15)25(28,20(16)19)24(32)36-11-34-22(30)13(3)4/h5-6,8,12-14,16,19-20H,7,9-11,28H2,1-4H3/t14-,16-,19-,20-,25-/m0/s1. The number of carbonyl (C=O) groups excluding carboxylic acids is 4. The molecular formula is C25H31ClFNO8S. The monoisotopic (exact) mass is 559 g/mol. The van der Waals surface area contributed by atoms with Crippen LogP contribution in [-0.4, -0.2) is 48.8 Å². The summed E-state index contributed by atoms with van der Waals surface area (Å²) in [6, 6.07) is 4.31. The molecule has 2 aliphatic rings. The van der Waals surface area contributed by atoms with E-state index in [0.29, 0.717) is 17.1 Å². The van der Waals surface area contributed by atoms with Gasteiger partial charge in [-0.2, -0.15) is 0 Å². The van der Waals surface area contributed by atoms with Crippen LogP contribution in [0.3, 0.4) is 0 Å². The molecule has 2 fully saturated rings. The van der Waals surface area contributed by atoms with Crippen molar-refractivity contribution in [3.05, 3.63) is 29.0 Å². The van der Waals surface area contributed by atoms with Crippen molar-refractivity contribution >= 4 is 47.2 Å². The molecule has 0 amide bonds. The average Bonchev–Trinajstić information content (AvgIpc) is 3.49. The zero-order valence-electron chi connectivity index (χ0n) is 21.0. The third kappa shape index (κ3) is 6.56. The predicted molar refractivity (Wildman–Crippen MR) is 131 cm³/mol. The van der Waals surface area contributed by atoms with Gasteiger partial charge in [-0.1, -0.05) is 39.3 Å². The summed E-state index contributed by atoms with van der Waals surface area (Å²) in [5.41, 5.74) is 5.11. The van der Waals surface area contributed by atoms with Gasteiger partial charge < -0.3 is 24.7 Å². The van der Waals surface area contributed by atoms with Gasteiger partial charge in [-0.3, -0.25) is 14.4 Å². The molecule has 0 spiro atoms. The number of hydrogen-bond acceptors (Lipinski definition) is 10. The number of fused-ring (bicyclic) bond motifs is 1. The van der Waals surface area contributed by atoms with E-state index in [1.165, 1.54) is 23.9 Å². The van der Waals surface area contributed by atoms with Crippen LogP contribution in [0.4, 0.5) is 4.39 Å². The van der Waals surface area contributed by atoms with Crippen LogP contribution in [0, 0.1) is 41.3 Å². The molecule has 9 nitrogen and oxygen atoms in total. The average molecular weight is 560 g/mol. The second-order valence-corrected chi connectivity index (χ2v) is 11.3. The van der Waals surface area contributed by atoms with Crippen LogP contribution in [0.15, 0.2) is 23.1 Å². The molecule has 3 rings (SSSR count). The van der Waals surface area contributed by atoms with Crippen molar-refractivity contribution in [3.8, 4) is 0 Å². The Labute approximate surface area is 223 Å². The minimum atomic E-state index is -1.55. The highest BCUT2D eigenvalue weighted by Gasteiger charge is 2.74. The number of esters is 4. The third-order valence-electron chi connectivity index (χ3n) is 6.66. The van der Waals surface area contributed by atoms with Crippen LogP contribution >= 0.6 is 23.4 Å². The smallest absolute Gasteiger partial charge is 0.329 e. The highest BCUT2D eigenvalue weighted by Crippen LogP contribution is 2.64. The van der Waals surface area contributed by atoms with Crippen molar-refractivity contribution < 1.29 is 42.5 Å². The Hall–Kier alpha value is -2.37. The van der Waals surface area contributed by atoms with E-state index in [1.54, 1.807) is 33.8 Å². The zero-order chi connectivity index (χ0) is 27.5. The first-order valence-electron chi connectivity index (χ1n) is 11.9. The van der Waals surface area contributed by atoms with Gasteiger partial charge in [0.25, 0.3) is 0 Å². The summed E-state index contributed by atoms with van der Waals surface area (Å²) in [7, 11) is 0. The number of hydrogen-bond donors (Lipinski definition) is 1.